The van der Waals surface area contributed by atoms with Crippen molar-refractivity contribution in [3.8, 4) is 0 Å². The summed E-state index contributed by atoms with van der Waals surface area (Å²) in [7, 11) is 6.28. The molecule has 0 aliphatic carbocycles. The Morgan fingerprint density at radius 3 is 2.31 bits per heavy atom. The summed E-state index contributed by atoms with van der Waals surface area (Å²) in [6.45, 7) is 0. The fourth-order valence-corrected chi connectivity index (χ4v) is 1.18. The normalized spacial score (nSPS) is 11.7. The van der Waals surface area contributed by atoms with Gasteiger partial charge in [-0.15, -0.1) is 0 Å². The van der Waals surface area contributed by atoms with Crippen molar-refractivity contribution in [2.75, 3.05) is 21.1 Å². The van der Waals surface area contributed by atoms with Crippen molar-refractivity contribution in [2.24, 2.45) is 10.8 Å². The first kappa shape index (κ1) is 12.2. The quantitative estimate of drug-likeness (QED) is 0.444. The molecule has 5 heteroatoms. The van der Waals surface area contributed by atoms with Gasteiger partial charge in [0, 0.05) is 0 Å². The first-order valence-corrected chi connectivity index (χ1v) is 4.90. The fraction of sp³-hybridized carbons (Fsp3) is 0.273. The number of hydrogen-bond acceptors (Lipinski definition) is 2. The van der Waals surface area contributed by atoms with E-state index in [1.165, 1.54) is 5.69 Å². The third-order valence-corrected chi connectivity index (χ3v) is 2.06. The van der Waals surface area contributed by atoms with Gasteiger partial charge in [0.2, 0.25) is 0 Å². The molecule has 0 bridgehead atoms. The average Bonchev–Trinajstić information content (AvgIpc) is 2.16. The van der Waals surface area contributed by atoms with E-state index < -0.39 is 6.03 Å². The molecule has 5 nitrogen and oxygen atoms in total. The minimum absolute atomic E-state index is 0.667. The van der Waals surface area contributed by atoms with Gasteiger partial charge in [0.15, 0.2) is 0 Å². The van der Waals surface area contributed by atoms with Crippen molar-refractivity contribution >= 4 is 17.9 Å². The molecule has 16 heavy (non-hydrogen) atoms. The number of hydrazone groups is 1. The molecule has 0 spiro atoms. The molecular weight excluding hydrogens is 204 g/mol. The standard InChI is InChI=1S/C11H16N4O/c1-15(2,3)10-6-4-9(5-7-10)8-13-14-11(12)16/h4-8H,1-3H3,(H2-,12,14,16)/p+1/b13-8+. The van der Waals surface area contributed by atoms with Crippen LogP contribution in [0.3, 0.4) is 0 Å². The van der Waals surface area contributed by atoms with Gasteiger partial charge in [0.25, 0.3) is 0 Å². The van der Waals surface area contributed by atoms with E-state index in [0.29, 0.717) is 0 Å². The van der Waals surface area contributed by atoms with Gasteiger partial charge in [0.05, 0.1) is 27.4 Å². The number of nitrogens with zero attached hydrogens (tertiary/aromatic N) is 2. The minimum atomic E-state index is -0.667. The van der Waals surface area contributed by atoms with Crippen LogP contribution in [-0.4, -0.2) is 33.4 Å². The van der Waals surface area contributed by atoms with Gasteiger partial charge in [-0.1, -0.05) is 0 Å². The molecule has 1 aromatic rings. The molecule has 86 valence electrons. The van der Waals surface area contributed by atoms with Gasteiger partial charge >= 0.3 is 6.03 Å². The number of rotatable bonds is 3. The number of hydrogen-bond donors (Lipinski definition) is 2. The number of quaternary nitrogens is 1. The Balaban J connectivity index is 2.72. The van der Waals surface area contributed by atoms with Crippen LogP contribution in [0.5, 0.6) is 0 Å². The molecule has 0 unspecified atom stereocenters. The lowest BCUT2D eigenvalue weighted by Gasteiger charge is -2.23. The van der Waals surface area contributed by atoms with E-state index in [2.05, 4.69) is 31.7 Å². The maximum atomic E-state index is 10.4. The molecule has 0 aliphatic heterocycles. The highest BCUT2D eigenvalue weighted by atomic mass is 16.2. The zero-order valence-electron chi connectivity index (χ0n) is 9.77. The molecule has 1 rings (SSSR count). The molecule has 0 atom stereocenters. The summed E-state index contributed by atoms with van der Waals surface area (Å²) in [5.41, 5.74) is 9.12. The monoisotopic (exact) mass is 221 g/mol. The second kappa shape index (κ2) is 4.76. The van der Waals surface area contributed by atoms with E-state index in [-0.39, 0.29) is 0 Å². The Bertz CT molecular complexity index is 389. The number of amides is 2. The van der Waals surface area contributed by atoms with Crippen LogP contribution < -0.4 is 15.6 Å². The van der Waals surface area contributed by atoms with Crippen LogP contribution in [0.2, 0.25) is 0 Å². The molecule has 0 aliphatic rings. The minimum Gasteiger partial charge on any atom is -0.350 e. The summed E-state index contributed by atoms with van der Waals surface area (Å²) < 4.78 is 0.761. The van der Waals surface area contributed by atoms with Crippen molar-refractivity contribution < 1.29 is 4.79 Å². The molecule has 2 amide bonds. The Labute approximate surface area is 95.1 Å². The Hall–Kier alpha value is -1.88. The first-order valence-electron chi connectivity index (χ1n) is 4.90. The highest BCUT2D eigenvalue weighted by Gasteiger charge is 2.10. The maximum Gasteiger partial charge on any atom is 0.332 e. The summed E-state index contributed by atoms with van der Waals surface area (Å²) >= 11 is 0. The maximum absolute atomic E-state index is 10.4. The molecule has 0 fully saturated rings. The van der Waals surface area contributed by atoms with Crippen LogP contribution in [-0.2, 0) is 0 Å². The topological polar surface area (TPSA) is 67.5 Å². The predicted molar refractivity (Wildman–Crippen MR) is 66.3 cm³/mol. The summed E-state index contributed by atoms with van der Waals surface area (Å²) in [5, 5.41) is 3.68. The van der Waals surface area contributed by atoms with E-state index in [0.717, 1.165) is 10.0 Å². The number of carbonyl (C=O) groups is 1. The molecule has 0 radical (unpaired) electrons. The molecule has 3 N–H and O–H groups in total. The Morgan fingerprint density at radius 2 is 1.88 bits per heavy atom. The smallest absolute Gasteiger partial charge is 0.332 e. The number of nitrogens with two attached hydrogens (primary N) is 1. The fourth-order valence-electron chi connectivity index (χ4n) is 1.18. The summed E-state index contributed by atoms with van der Waals surface area (Å²) in [4.78, 5) is 10.4. The van der Waals surface area contributed by atoms with Crippen molar-refractivity contribution in [1.82, 2.24) is 9.91 Å². The lowest BCUT2D eigenvalue weighted by Crippen LogP contribution is -2.34. The number of primary amides is 1. The van der Waals surface area contributed by atoms with Crippen LogP contribution >= 0.6 is 0 Å². The van der Waals surface area contributed by atoms with E-state index in [1.54, 1.807) is 6.21 Å². The highest BCUT2D eigenvalue weighted by molar-refractivity contribution is 5.81. The predicted octanol–water partition coefficient (Wildman–Crippen LogP) is 0.885. The average molecular weight is 221 g/mol. The number of urea groups is 1. The summed E-state index contributed by atoms with van der Waals surface area (Å²) in [6.07, 6.45) is 1.55. The molecule has 0 aromatic heterocycles. The molecule has 0 heterocycles. The van der Waals surface area contributed by atoms with Crippen LogP contribution in [0.15, 0.2) is 29.4 Å². The van der Waals surface area contributed by atoms with Gasteiger partial charge in [-0.3, -0.25) is 4.48 Å². The third kappa shape index (κ3) is 3.70. The van der Waals surface area contributed by atoms with Crippen molar-refractivity contribution in [3.05, 3.63) is 29.8 Å². The summed E-state index contributed by atoms with van der Waals surface area (Å²) in [5.74, 6) is 0. The van der Waals surface area contributed by atoms with Crippen LogP contribution in [0.1, 0.15) is 5.56 Å². The lowest BCUT2D eigenvalue weighted by molar-refractivity contribution is 0.249. The van der Waals surface area contributed by atoms with Crippen LogP contribution in [0.4, 0.5) is 10.5 Å². The van der Waals surface area contributed by atoms with E-state index >= 15 is 0 Å². The van der Waals surface area contributed by atoms with Gasteiger partial charge < -0.3 is 5.73 Å². The molecule has 0 saturated heterocycles. The zero-order valence-corrected chi connectivity index (χ0v) is 9.77. The largest absolute Gasteiger partial charge is 0.350 e. The van der Waals surface area contributed by atoms with E-state index in [1.807, 2.05) is 24.3 Å². The van der Waals surface area contributed by atoms with E-state index in [9.17, 15) is 4.79 Å². The zero-order chi connectivity index (χ0) is 12.2. The second-order valence-corrected chi connectivity index (χ2v) is 4.34. The summed E-state index contributed by atoms with van der Waals surface area (Å²) in [6, 6.07) is 7.24. The van der Waals surface area contributed by atoms with Gasteiger partial charge in [-0.25, -0.2) is 10.2 Å². The first-order chi connectivity index (χ1) is 7.39. The van der Waals surface area contributed by atoms with E-state index in [4.69, 9.17) is 5.73 Å². The van der Waals surface area contributed by atoms with Crippen molar-refractivity contribution in [1.29, 1.82) is 0 Å². The highest BCUT2D eigenvalue weighted by Crippen LogP contribution is 2.16. The van der Waals surface area contributed by atoms with Crippen LogP contribution in [0, 0.1) is 0 Å². The number of benzene rings is 1. The lowest BCUT2D eigenvalue weighted by atomic mass is 10.2. The third-order valence-electron chi connectivity index (χ3n) is 2.06. The van der Waals surface area contributed by atoms with Crippen LogP contribution in [0.25, 0.3) is 0 Å². The number of carbonyl (C=O) groups excluding carboxylic acids is 1. The number of nitrogens with one attached hydrogen (secondary N) is 1. The van der Waals surface area contributed by atoms with Crippen molar-refractivity contribution in [3.63, 3.8) is 0 Å². The molecule has 0 saturated carbocycles. The second-order valence-electron chi connectivity index (χ2n) is 4.34. The molecular formula is C11H17N4O+. The van der Waals surface area contributed by atoms with Gasteiger partial charge in [0.1, 0.15) is 5.69 Å². The SMILES string of the molecule is C[N+](C)(C)c1ccc(/C=N/NC(N)=O)cc1. The Morgan fingerprint density at radius 1 is 1.31 bits per heavy atom. The van der Waals surface area contributed by atoms with Gasteiger partial charge in [-0.2, -0.15) is 5.10 Å². The molecule has 1 aromatic carbocycles. The van der Waals surface area contributed by atoms with Crippen molar-refractivity contribution in [2.45, 2.75) is 0 Å². The van der Waals surface area contributed by atoms with Gasteiger partial charge in [-0.05, 0) is 29.8 Å². The Kier molecular flexibility index (Phi) is 3.63.